The average molecular weight is 375 g/mol. The largest absolute Gasteiger partial charge is 0.497 e. The summed E-state index contributed by atoms with van der Waals surface area (Å²) in [7, 11) is 1.54. The Kier molecular flexibility index (Phi) is 6.25. The predicted molar refractivity (Wildman–Crippen MR) is 101 cm³/mol. The van der Waals surface area contributed by atoms with Crippen LogP contribution in [0.2, 0.25) is 0 Å². The Hall–Kier alpha value is -2.83. The van der Waals surface area contributed by atoms with Gasteiger partial charge >= 0.3 is 11.6 Å². The zero-order chi connectivity index (χ0) is 20.2. The quantitative estimate of drug-likeness (QED) is 0.687. The predicted octanol–water partition coefficient (Wildman–Crippen LogP) is 2.80. The molecule has 27 heavy (non-hydrogen) atoms. The van der Waals surface area contributed by atoms with Crippen molar-refractivity contribution in [3.05, 3.63) is 39.7 Å². The van der Waals surface area contributed by atoms with Crippen molar-refractivity contribution in [1.29, 1.82) is 0 Å². The number of amides is 1. The fraction of sp³-hybridized carbons (Fsp3) is 0.450. The molecule has 146 valence electrons. The van der Waals surface area contributed by atoms with Crippen molar-refractivity contribution in [2.45, 2.75) is 52.0 Å². The third kappa shape index (κ3) is 5.32. The number of fused-ring (bicyclic) bond motifs is 1. The number of methoxy groups -OCH3 is 1. The molecule has 2 N–H and O–H groups in total. The molecule has 0 saturated carbocycles. The summed E-state index contributed by atoms with van der Waals surface area (Å²) >= 11 is 0. The molecule has 0 aliphatic rings. The lowest BCUT2D eigenvalue weighted by Crippen LogP contribution is -2.43. The monoisotopic (exact) mass is 375 g/mol. The molecule has 0 radical (unpaired) electrons. The highest BCUT2D eigenvalue weighted by Gasteiger charge is 2.22. The number of carboxylic acids is 1. The highest BCUT2D eigenvalue weighted by molar-refractivity contribution is 5.83. The van der Waals surface area contributed by atoms with Gasteiger partial charge in [0.05, 0.1) is 7.11 Å². The highest BCUT2D eigenvalue weighted by atomic mass is 16.5. The van der Waals surface area contributed by atoms with Gasteiger partial charge in [-0.15, -0.1) is 0 Å². The van der Waals surface area contributed by atoms with Gasteiger partial charge in [-0.2, -0.15) is 0 Å². The number of hydrogen-bond acceptors (Lipinski definition) is 5. The van der Waals surface area contributed by atoms with Crippen molar-refractivity contribution in [3.63, 3.8) is 0 Å². The van der Waals surface area contributed by atoms with Crippen molar-refractivity contribution in [3.8, 4) is 5.75 Å². The van der Waals surface area contributed by atoms with Crippen LogP contribution in [-0.2, 0) is 16.0 Å². The van der Waals surface area contributed by atoms with E-state index >= 15 is 0 Å². The lowest BCUT2D eigenvalue weighted by molar-refractivity contribution is -0.137. The Morgan fingerprint density at radius 2 is 1.96 bits per heavy atom. The van der Waals surface area contributed by atoms with Gasteiger partial charge in [0, 0.05) is 35.4 Å². The van der Waals surface area contributed by atoms with Crippen LogP contribution in [0.4, 0.5) is 0 Å². The molecule has 0 saturated heterocycles. The number of aliphatic carboxylic acids is 1. The van der Waals surface area contributed by atoms with Crippen LogP contribution < -0.4 is 15.7 Å². The van der Waals surface area contributed by atoms with Crippen LogP contribution in [0.5, 0.6) is 5.75 Å². The first-order chi connectivity index (χ1) is 12.6. The maximum absolute atomic E-state index is 12.3. The first-order valence-electron chi connectivity index (χ1n) is 8.76. The molecule has 2 rings (SSSR count). The van der Waals surface area contributed by atoms with Crippen LogP contribution >= 0.6 is 0 Å². The molecule has 0 bridgehead atoms. The maximum atomic E-state index is 12.3. The Labute approximate surface area is 157 Å². The number of carbonyl (C=O) groups excluding carboxylic acids is 1. The Balaban J connectivity index is 2.11. The minimum atomic E-state index is -0.904. The second kappa shape index (κ2) is 8.24. The molecule has 1 heterocycles. The van der Waals surface area contributed by atoms with Crippen LogP contribution in [0.15, 0.2) is 27.4 Å². The molecule has 0 unspecified atom stereocenters. The maximum Gasteiger partial charge on any atom is 0.339 e. The number of aryl methyl sites for hydroxylation is 1. The third-order valence-electron chi connectivity index (χ3n) is 4.54. The molecule has 7 heteroatoms. The molecular formula is C20H25NO6. The standard InChI is InChI=1S/C20H25NO6/c1-12-14-6-5-13(26-4)11-16(14)27-19(25)15(12)7-8-17(22)21-20(2,3)10-9-18(23)24/h5-6,11H,7-10H2,1-4H3,(H,21,22)(H,23,24). The molecule has 1 aromatic carbocycles. The smallest absolute Gasteiger partial charge is 0.339 e. The van der Waals surface area contributed by atoms with Gasteiger partial charge in [0.25, 0.3) is 0 Å². The minimum absolute atomic E-state index is 0.0237. The second-order valence-corrected chi connectivity index (χ2v) is 7.18. The van der Waals surface area contributed by atoms with Crippen molar-refractivity contribution >= 4 is 22.8 Å². The normalized spacial score (nSPS) is 11.4. The number of benzene rings is 1. The van der Waals surface area contributed by atoms with Crippen molar-refractivity contribution in [2.24, 2.45) is 0 Å². The topological polar surface area (TPSA) is 106 Å². The summed E-state index contributed by atoms with van der Waals surface area (Å²) in [5.41, 5.74) is 0.592. The van der Waals surface area contributed by atoms with Crippen molar-refractivity contribution in [2.75, 3.05) is 7.11 Å². The van der Waals surface area contributed by atoms with Crippen LogP contribution in [0, 0.1) is 6.92 Å². The van der Waals surface area contributed by atoms with E-state index in [2.05, 4.69) is 5.32 Å². The van der Waals surface area contributed by atoms with E-state index in [4.69, 9.17) is 14.3 Å². The molecule has 1 amide bonds. The SMILES string of the molecule is COc1ccc2c(C)c(CCC(=O)NC(C)(C)CCC(=O)O)c(=O)oc2c1. The lowest BCUT2D eigenvalue weighted by atomic mass is 9.97. The van der Waals surface area contributed by atoms with E-state index in [-0.39, 0.29) is 25.2 Å². The molecule has 0 spiro atoms. The average Bonchev–Trinajstić information content (AvgIpc) is 2.59. The van der Waals surface area contributed by atoms with Gasteiger partial charge in [-0.3, -0.25) is 9.59 Å². The van der Waals surface area contributed by atoms with Gasteiger partial charge in [-0.1, -0.05) is 0 Å². The van der Waals surface area contributed by atoms with E-state index < -0.39 is 17.1 Å². The molecular weight excluding hydrogens is 350 g/mol. The molecule has 0 aliphatic carbocycles. The van der Waals surface area contributed by atoms with E-state index in [1.165, 1.54) is 7.11 Å². The van der Waals surface area contributed by atoms with Gasteiger partial charge in [-0.05, 0) is 51.3 Å². The minimum Gasteiger partial charge on any atom is -0.497 e. The van der Waals surface area contributed by atoms with Gasteiger partial charge in [0.1, 0.15) is 11.3 Å². The van der Waals surface area contributed by atoms with Crippen LogP contribution in [-0.4, -0.2) is 29.6 Å². The Bertz CT molecular complexity index is 913. The Morgan fingerprint density at radius 3 is 2.59 bits per heavy atom. The molecule has 7 nitrogen and oxygen atoms in total. The van der Waals surface area contributed by atoms with Gasteiger partial charge in [0.2, 0.25) is 5.91 Å². The number of rotatable bonds is 8. The molecule has 0 aliphatic heterocycles. The number of ether oxygens (including phenoxy) is 1. The number of nitrogens with one attached hydrogen (secondary N) is 1. The fourth-order valence-electron chi connectivity index (χ4n) is 2.95. The number of hydrogen-bond donors (Lipinski definition) is 2. The molecule has 0 fully saturated rings. The number of carbonyl (C=O) groups is 2. The summed E-state index contributed by atoms with van der Waals surface area (Å²) in [6.45, 7) is 5.38. The van der Waals surface area contributed by atoms with Gasteiger partial charge in [0.15, 0.2) is 0 Å². The van der Waals surface area contributed by atoms with Crippen LogP contribution in [0.1, 0.15) is 44.2 Å². The van der Waals surface area contributed by atoms with Gasteiger partial charge < -0.3 is 19.6 Å². The first kappa shape index (κ1) is 20.5. The zero-order valence-corrected chi connectivity index (χ0v) is 16.0. The summed E-state index contributed by atoms with van der Waals surface area (Å²) in [5, 5.41) is 12.4. The third-order valence-corrected chi connectivity index (χ3v) is 4.54. The lowest BCUT2D eigenvalue weighted by Gasteiger charge is -2.25. The van der Waals surface area contributed by atoms with Crippen molar-refractivity contribution < 1.29 is 23.8 Å². The fourth-order valence-corrected chi connectivity index (χ4v) is 2.95. The summed E-state index contributed by atoms with van der Waals surface area (Å²) in [6.07, 6.45) is 0.665. The summed E-state index contributed by atoms with van der Waals surface area (Å²) < 4.78 is 10.5. The summed E-state index contributed by atoms with van der Waals surface area (Å²) in [5.74, 6) is -0.543. The summed E-state index contributed by atoms with van der Waals surface area (Å²) in [6, 6.07) is 5.27. The van der Waals surface area contributed by atoms with E-state index in [9.17, 15) is 14.4 Å². The van der Waals surface area contributed by atoms with E-state index in [0.717, 1.165) is 10.9 Å². The first-order valence-corrected chi connectivity index (χ1v) is 8.76. The molecule has 2 aromatic rings. The van der Waals surface area contributed by atoms with Crippen LogP contribution in [0.25, 0.3) is 11.0 Å². The zero-order valence-electron chi connectivity index (χ0n) is 16.0. The van der Waals surface area contributed by atoms with E-state index in [1.54, 1.807) is 26.0 Å². The molecule has 0 atom stereocenters. The summed E-state index contributed by atoms with van der Waals surface area (Å²) in [4.78, 5) is 35.3. The molecule has 1 aromatic heterocycles. The van der Waals surface area contributed by atoms with Gasteiger partial charge in [-0.25, -0.2) is 4.79 Å². The number of carboxylic acid groups (broad SMARTS) is 1. The second-order valence-electron chi connectivity index (χ2n) is 7.18. The van der Waals surface area contributed by atoms with E-state index in [0.29, 0.717) is 23.3 Å². The van der Waals surface area contributed by atoms with Crippen LogP contribution in [0.3, 0.4) is 0 Å². The highest BCUT2D eigenvalue weighted by Crippen LogP contribution is 2.24. The van der Waals surface area contributed by atoms with Crippen molar-refractivity contribution in [1.82, 2.24) is 5.32 Å². The van der Waals surface area contributed by atoms with E-state index in [1.807, 2.05) is 13.0 Å². The Morgan fingerprint density at radius 1 is 1.26 bits per heavy atom.